The van der Waals surface area contributed by atoms with Crippen molar-refractivity contribution < 1.29 is 19.2 Å². The van der Waals surface area contributed by atoms with Gasteiger partial charge >= 0.3 is 11.0 Å². The number of carbonyl (C=O) groups is 2. The van der Waals surface area contributed by atoms with E-state index in [1.54, 1.807) is 26.0 Å². The molecule has 126 valence electrons. The number of para-hydroxylation sites is 1. The maximum absolute atomic E-state index is 12.9. The van der Waals surface area contributed by atoms with Crippen LogP contribution in [0.25, 0.3) is 0 Å². The number of nitrogens with zero attached hydrogens (tertiary/aromatic N) is 3. The molecule has 1 amide bonds. The molecule has 0 atom stereocenters. The van der Waals surface area contributed by atoms with Crippen molar-refractivity contribution in [1.82, 2.24) is 4.98 Å². The van der Waals surface area contributed by atoms with Crippen LogP contribution in [0.1, 0.15) is 31.1 Å². The zero-order valence-corrected chi connectivity index (χ0v) is 14.1. The summed E-state index contributed by atoms with van der Waals surface area (Å²) in [5, 5.41) is 10.9. The van der Waals surface area contributed by atoms with Gasteiger partial charge in [0.2, 0.25) is 5.82 Å². The second kappa shape index (κ2) is 7.18. The third kappa shape index (κ3) is 3.57. The normalized spacial score (nSPS) is 10.5. The van der Waals surface area contributed by atoms with Crippen molar-refractivity contribution in [3.8, 4) is 5.75 Å². The Morgan fingerprint density at radius 2 is 2.00 bits per heavy atom. The fraction of sp³-hybridized carbons (Fsp3) is 0.267. The van der Waals surface area contributed by atoms with Crippen LogP contribution in [0.2, 0.25) is 0 Å². The van der Waals surface area contributed by atoms with Gasteiger partial charge < -0.3 is 4.74 Å². The molecule has 0 aliphatic rings. The first-order valence-electron chi connectivity index (χ1n) is 7.01. The van der Waals surface area contributed by atoms with E-state index in [0.29, 0.717) is 0 Å². The van der Waals surface area contributed by atoms with Gasteiger partial charge in [-0.25, -0.2) is 4.98 Å². The fourth-order valence-corrected chi connectivity index (χ4v) is 2.71. The number of thiazole rings is 1. The largest absolute Gasteiger partial charge is 0.426 e. The summed E-state index contributed by atoms with van der Waals surface area (Å²) >= 11 is 0.841. The van der Waals surface area contributed by atoms with Gasteiger partial charge in [-0.15, -0.1) is 0 Å². The third-order valence-electron chi connectivity index (χ3n) is 3.03. The third-order valence-corrected chi connectivity index (χ3v) is 3.80. The summed E-state index contributed by atoms with van der Waals surface area (Å²) in [4.78, 5) is 39.9. The lowest BCUT2D eigenvalue weighted by Crippen LogP contribution is -2.38. The average molecular weight is 349 g/mol. The highest BCUT2D eigenvalue weighted by Gasteiger charge is 2.31. The highest BCUT2D eigenvalue weighted by molar-refractivity contribution is 7.13. The topological polar surface area (TPSA) is 103 Å². The molecule has 1 heterocycles. The average Bonchev–Trinajstić information content (AvgIpc) is 2.96. The quantitative estimate of drug-likeness (QED) is 0.356. The molecule has 0 saturated carbocycles. The molecular weight excluding hydrogens is 334 g/mol. The molecule has 0 unspecified atom stereocenters. The van der Waals surface area contributed by atoms with Gasteiger partial charge in [0, 0.05) is 13.0 Å². The van der Waals surface area contributed by atoms with Crippen LogP contribution in [-0.2, 0) is 4.79 Å². The maximum atomic E-state index is 12.9. The number of rotatable bonds is 5. The van der Waals surface area contributed by atoms with E-state index < -0.39 is 16.8 Å². The zero-order valence-electron chi connectivity index (χ0n) is 13.3. The number of amides is 1. The Kier molecular flexibility index (Phi) is 5.24. The predicted octanol–water partition coefficient (Wildman–Crippen LogP) is 3.03. The number of esters is 1. The lowest BCUT2D eigenvalue weighted by Gasteiger charge is -2.24. The van der Waals surface area contributed by atoms with Crippen molar-refractivity contribution in [3.05, 3.63) is 45.5 Å². The van der Waals surface area contributed by atoms with Crippen LogP contribution in [0.15, 0.2) is 29.8 Å². The van der Waals surface area contributed by atoms with Crippen LogP contribution < -0.4 is 9.64 Å². The first-order valence-corrected chi connectivity index (χ1v) is 7.89. The molecule has 0 spiro atoms. The molecule has 2 aromatic rings. The van der Waals surface area contributed by atoms with Gasteiger partial charge in [0.25, 0.3) is 5.91 Å². The van der Waals surface area contributed by atoms with Crippen LogP contribution in [0.5, 0.6) is 5.75 Å². The van der Waals surface area contributed by atoms with E-state index in [2.05, 4.69) is 4.98 Å². The van der Waals surface area contributed by atoms with E-state index in [1.165, 1.54) is 29.5 Å². The van der Waals surface area contributed by atoms with Gasteiger partial charge in [-0.1, -0.05) is 12.1 Å². The predicted molar refractivity (Wildman–Crippen MR) is 88.5 cm³/mol. The van der Waals surface area contributed by atoms with Crippen molar-refractivity contribution in [2.24, 2.45) is 0 Å². The summed E-state index contributed by atoms with van der Waals surface area (Å²) in [7, 11) is 0. The van der Waals surface area contributed by atoms with Crippen LogP contribution in [-0.4, -0.2) is 27.8 Å². The van der Waals surface area contributed by atoms with Gasteiger partial charge in [0.15, 0.2) is 0 Å². The molecule has 0 bridgehead atoms. The number of ether oxygens (including phenoxy) is 1. The molecule has 1 aromatic heterocycles. The minimum atomic E-state index is -0.576. The number of anilines is 1. The van der Waals surface area contributed by atoms with Gasteiger partial charge in [0.1, 0.15) is 5.75 Å². The summed E-state index contributed by atoms with van der Waals surface area (Å²) in [6, 6.07) is 5.84. The summed E-state index contributed by atoms with van der Waals surface area (Å²) in [5.74, 6) is -1.03. The molecule has 8 nitrogen and oxygen atoms in total. The van der Waals surface area contributed by atoms with Gasteiger partial charge in [-0.05, 0) is 37.3 Å². The van der Waals surface area contributed by atoms with Crippen LogP contribution in [0.3, 0.4) is 0 Å². The standard InChI is InChI=1S/C15H15N3O5S/c1-9(2)17(13-15(18(21)22)24-8-16-13)14(20)11-6-4-5-7-12(11)23-10(3)19/h4-9H,1-3H3. The second-order valence-electron chi connectivity index (χ2n) is 5.10. The molecule has 2 rings (SSSR count). The van der Waals surface area contributed by atoms with E-state index >= 15 is 0 Å². The van der Waals surface area contributed by atoms with Gasteiger partial charge in [-0.2, -0.15) is 0 Å². The molecule has 1 aromatic carbocycles. The fourth-order valence-electron chi connectivity index (χ4n) is 2.12. The second-order valence-corrected chi connectivity index (χ2v) is 5.93. The SMILES string of the molecule is CC(=O)Oc1ccccc1C(=O)N(c1ncsc1[N+](=O)[O-])C(C)C. The van der Waals surface area contributed by atoms with E-state index in [4.69, 9.17) is 4.74 Å². The Labute approximate surface area is 141 Å². The highest BCUT2D eigenvalue weighted by atomic mass is 32.1. The molecule has 0 aliphatic heterocycles. The van der Waals surface area contributed by atoms with Crippen molar-refractivity contribution in [2.45, 2.75) is 26.8 Å². The van der Waals surface area contributed by atoms with Crippen molar-refractivity contribution in [2.75, 3.05) is 4.90 Å². The molecule has 0 radical (unpaired) electrons. The number of hydrogen-bond acceptors (Lipinski definition) is 7. The highest BCUT2D eigenvalue weighted by Crippen LogP contribution is 2.34. The van der Waals surface area contributed by atoms with Crippen molar-refractivity contribution in [3.63, 3.8) is 0 Å². The zero-order chi connectivity index (χ0) is 17.9. The maximum Gasteiger partial charge on any atom is 0.368 e. The van der Waals surface area contributed by atoms with E-state index in [0.717, 1.165) is 11.3 Å². The lowest BCUT2D eigenvalue weighted by molar-refractivity contribution is -0.379. The summed E-state index contributed by atoms with van der Waals surface area (Å²) in [6.45, 7) is 4.66. The smallest absolute Gasteiger partial charge is 0.368 e. The molecule has 9 heteroatoms. The summed E-state index contributed by atoms with van der Waals surface area (Å²) < 4.78 is 5.05. The summed E-state index contributed by atoms with van der Waals surface area (Å²) in [6.07, 6.45) is 0. The van der Waals surface area contributed by atoms with Gasteiger partial charge in [-0.3, -0.25) is 24.6 Å². The number of hydrogen-bond donors (Lipinski definition) is 0. The van der Waals surface area contributed by atoms with Gasteiger partial charge in [0.05, 0.1) is 16.0 Å². The van der Waals surface area contributed by atoms with E-state index in [9.17, 15) is 19.7 Å². The van der Waals surface area contributed by atoms with Crippen LogP contribution in [0, 0.1) is 10.1 Å². The van der Waals surface area contributed by atoms with Crippen LogP contribution in [0.4, 0.5) is 10.8 Å². The van der Waals surface area contributed by atoms with Crippen LogP contribution >= 0.6 is 11.3 Å². The number of carbonyl (C=O) groups excluding carboxylic acids is 2. The van der Waals surface area contributed by atoms with Crippen molar-refractivity contribution in [1.29, 1.82) is 0 Å². The minimum Gasteiger partial charge on any atom is -0.426 e. The number of nitro groups is 1. The first-order chi connectivity index (χ1) is 11.3. The molecule has 0 fully saturated rings. The molecule has 24 heavy (non-hydrogen) atoms. The Bertz CT molecular complexity index is 787. The Hall–Kier alpha value is -2.81. The Balaban J connectivity index is 2.50. The Morgan fingerprint density at radius 3 is 2.58 bits per heavy atom. The minimum absolute atomic E-state index is 0.0253. The monoisotopic (exact) mass is 349 g/mol. The van der Waals surface area contributed by atoms with Crippen molar-refractivity contribution >= 4 is 34.0 Å². The van der Waals surface area contributed by atoms with E-state index in [-0.39, 0.29) is 28.2 Å². The molecular formula is C15H15N3O5S. The molecule has 0 N–H and O–H groups in total. The number of aromatic nitrogens is 1. The van der Waals surface area contributed by atoms with E-state index in [1.807, 2.05) is 0 Å². The first kappa shape index (κ1) is 17.5. The lowest BCUT2D eigenvalue weighted by atomic mass is 10.1. The molecule has 0 aliphatic carbocycles. The molecule has 0 saturated heterocycles. The Morgan fingerprint density at radius 1 is 1.33 bits per heavy atom. The summed E-state index contributed by atoms with van der Waals surface area (Å²) in [5.41, 5.74) is 1.44. The number of benzene rings is 1.